The van der Waals surface area contributed by atoms with E-state index < -0.39 is 5.91 Å². The number of rotatable bonds is 6. The van der Waals surface area contributed by atoms with Gasteiger partial charge in [0.15, 0.2) is 0 Å². The van der Waals surface area contributed by atoms with Crippen molar-refractivity contribution < 1.29 is 18.5 Å². The minimum atomic E-state index is -0.395. The number of nitrogens with one attached hydrogen (secondary N) is 2. The molecule has 2 aromatic rings. The molecule has 1 aromatic carbocycles. The summed E-state index contributed by atoms with van der Waals surface area (Å²) < 4.78 is 18.7. The predicted octanol–water partition coefficient (Wildman–Crippen LogP) is 2.18. The summed E-state index contributed by atoms with van der Waals surface area (Å²) in [6.45, 7) is 3.72. The molecule has 0 unspecified atom stereocenters. The largest absolute Gasteiger partial charge is 0.457 e. The number of nitrogens with zero attached hydrogens (tertiary/aromatic N) is 1. The first-order valence-corrected chi connectivity index (χ1v) is 9.25. The molecular weight excluding hydrogens is 345 g/mol. The fourth-order valence-corrected chi connectivity index (χ4v) is 3.24. The van der Waals surface area contributed by atoms with E-state index >= 15 is 0 Å². The Labute approximate surface area is 158 Å². The molecule has 1 aliphatic rings. The molecule has 1 aromatic heterocycles. The molecule has 1 amide bonds. The standard InChI is InChI=1S/C21H22FN3O2/c22-18-6-4-16(5-7-18)20-9-8-19(27-20)14-17(15-23)21(26)24-10-13-25-11-2-1-3-12-25/h4-9,14H,1-3,10-13H2,(H,24,26)/p+1/b17-14+. The molecule has 0 saturated carbocycles. The van der Waals surface area contributed by atoms with Crippen LogP contribution in [-0.2, 0) is 4.79 Å². The maximum atomic E-state index is 13.0. The second kappa shape index (κ2) is 9.15. The van der Waals surface area contributed by atoms with E-state index in [1.807, 2.05) is 6.07 Å². The normalized spacial score (nSPS) is 15.3. The number of piperidine rings is 1. The third-order valence-corrected chi connectivity index (χ3v) is 4.73. The third kappa shape index (κ3) is 5.28. The van der Waals surface area contributed by atoms with Crippen molar-refractivity contribution in [1.82, 2.24) is 5.32 Å². The number of benzene rings is 1. The lowest BCUT2D eigenvalue weighted by Gasteiger charge is -2.23. The molecule has 3 rings (SSSR count). The van der Waals surface area contributed by atoms with Crippen molar-refractivity contribution in [2.24, 2.45) is 0 Å². The van der Waals surface area contributed by atoms with Gasteiger partial charge in [0.05, 0.1) is 26.2 Å². The molecule has 1 aliphatic heterocycles. The van der Waals surface area contributed by atoms with Gasteiger partial charge in [-0.2, -0.15) is 5.26 Å². The number of hydrogen-bond acceptors (Lipinski definition) is 3. The van der Waals surface area contributed by atoms with Crippen LogP contribution in [0.2, 0.25) is 0 Å². The van der Waals surface area contributed by atoms with Crippen LogP contribution in [0.25, 0.3) is 17.4 Å². The highest BCUT2D eigenvalue weighted by Gasteiger charge is 2.15. The Bertz CT molecular complexity index is 843. The van der Waals surface area contributed by atoms with Gasteiger partial charge in [-0.1, -0.05) is 0 Å². The van der Waals surface area contributed by atoms with Crippen LogP contribution >= 0.6 is 0 Å². The quantitative estimate of drug-likeness (QED) is 0.606. The fourth-order valence-electron chi connectivity index (χ4n) is 3.24. The first-order chi connectivity index (χ1) is 13.2. The number of hydrogen-bond donors (Lipinski definition) is 2. The van der Waals surface area contributed by atoms with E-state index in [1.165, 1.54) is 42.4 Å². The zero-order valence-corrected chi connectivity index (χ0v) is 15.1. The molecule has 1 saturated heterocycles. The lowest BCUT2D eigenvalue weighted by atomic mass is 10.1. The zero-order chi connectivity index (χ0) is 19.1. The number of carbonyl (C=O) groups excluding carboxylic acids is 1. The highest BCUT2D eigenvalue weighted by atomic mass is 19.1. The molecule has 2 heterocycles. The summed E-state index contributed by atoms with van der Waals surface area (Å²) in [6, 6.07) is 11.3. The van der Waals surface area contributed by atoms with Crippen LogP contribution in [0.5, 0.6) is 0 Å². The average Bonchev–Trinajstić information content (AvgIpc) is 3.16. The summed E-state index contributed by atoms with van der Waals surface area (Å²) in [6.07, 6.45) is 5.19. The van der Waals surface area contributed by atoms with Crippen LogP contribution < -0.4 is 10.2 Å². The molecule has 0 radical (unpaired) electrons. The number of halogens is 1. The Kier molecular flexibility index (Phi) is 6.39. The van der Waals surface area contributed by atoms with Gasteiger partial charge >= 0.3 is 0 Å². The van der Waals surface area contributed by atoms with Crippen LogP contribution in [-0.4, -0.2) is 32.1 Å². The molecule has 27 heavy (non-hydrogen) atoms. The van der Waals surface area contributed by atoms with Crippen LogP contribution in [0.15, 0.2) is 46.4 Å². The second-order valence-electron chi connectivity index (χ2n) is 6.70. The molecule has 0 atom stereocenters. The second-order valence-corrected chi connectivity index (χ2v) is 6.70. The summed E-state index contributed by atoms with van der Waals surface area (Å²) in [5, 5.41) is 12.1. The van der Waals surface area contributed by atoms with Crippen LogP contribution in [0.3, 0.4) is 0 Å². The van der Waals surface area contributed by atoms with E-state index in [9.17, 15) is 14.4 Å². The Balaban J connectivity index is 1.59. The van der Waals surface area contributed by atoms with Crippen molar-refractivity contribution in [3.8, 4) is 17.4 Å². The maximum Gasteiger partial charge on any atom is 0.262 e. The number of furan rings is 1. The lowest BCUT2D eigenvalue weighted by molar-refractivity contribution is -0.903. The van der Waals surface area contributed by atoms with Gasteiger partial charge in [-0.3, -0.25) is 4.79 Å². The third-order valence-electron chi connectivity index (χ3n) is 4.73. The van der Waals surface area contributed by atoms with Gasteiger partial charge in [0, 0.05) is 11.6 Å². The average molecular weight is 368 g/mol. The Morgan fingerprint density at radius 2 is 1.93 bits per heavy atom. The highest BCUT2D eigenvalue weighted by Crippen LogP contribution is 2.23. The summed E-state index contributed by atoms with van der Waals surface area (Å²) in [5.41, 5.74) is 0.729. The molecular formula is C21H23FN3O2+. The fraction of sp³-hybridized carbons (Fsp3) is 0.333. The SMILES string of the molecule is N#C/C(=C\c1ccc(-c2ccc(F)cc2)o1)C(=O)NCC[NH+]1CCCCC1. The smallest absolute Gasteiger partial charge is 0.262 e. The molecule has 1 fully saturated rings. The van der Waals surface area contributed by atoms with Crippen LogP contribution in [0.1, 0.15) is 25.0 Å². The number of likely N-dealkylation sites (tertiary alicyclic amines) is 1. The van der Waals surface area contributed by atoms with Crippen molar-refractivity contribution >= 4 is 12.0 Å². The Morgan fingerprint density at radius 1 is 1.19 bits per heavy atom. The molecule has 0 spiro atoms. The molecule has 5 nitrogen and oxygen atoms in total. The van der Waals surface area contributed by atoms with Crippen LogP contribution in [0.4, 0.5) is 4.39 Å². The summed E-state index contributed by atoms with van der Waals surface area (Å²) >= 11 is 0. The van der Waals surface area contributed by atoms with E-state index in [-0.39, 0.29) is 11.4 Å². The van der Waals surface area contributed by atoms with Crippen molar-refractivity contribution in [3.63, 3.8) is 0 Å². The maximum absolute atomic E-state index is 13.0. The minimum Gasteiger partial charge on any atom is -0.457 e. The van der Waals surface area contributed by atoms with Gasteiger partial charge in [0.1, 0.15) is 29.0 Å². The van der Waals surface area contributed by atoms with Crippen LogP contribution in [0, 0.1) is 17.1 Å². The predicted molar refractivity (Wildman–Crippen MR) is 100 cm³/mol. The van der Waals surface area contributed by atoms with Gasteiger partial charge in [0.25, 0.3) is 5.91 Å². The lowest BCUT2D eigenvalue weighted by Crippen LogP contribution is -3.13. The topological polar surface area (TPSA) is 70.5 Å². The number of carbonyl (C=O) groups is 1. The first-order valence-electron chi connectivity index (χ1n) is 9.25. The number of quaternary nitrogens is 1. The van der Waals surface area contributed by atoms with Gasteiger partial charge in [-0.25, -0.2) is 4.39 Å². The van der Waals surface area contributed by atoms with Gasteiger partial charge in [0.2, 0.25) is 0 Å². The Morgan fingerprint density at radius 3 is 2.63 bits per heavy atom. The molecule has 2 N–H and O–H groups in total. The van der Waals surface area contributed by atoms with E-state index in [1.54, 1.807) is 24.3 Å². The summed E-state index contributed by atoms with van der Waals surface area (Å²) in [5.74, 6) is 0.240. The van der Waals surface area contributed by atoms with Crippen molar-refractivity contribution in [3.05, 3.63) is 53.5 Å². The molecule has 6 heteroatoms. The highest BCUT2D eigenvalue weighted by molar-refractivity contribution is 6.01. The van der Waals surface area contributed by atoms with Crippen molar-refractivity contribution in [1.29, 1.82) is 5.26 Å². The molecule has 140 valence electrons. The number of amides is 1. The van der Waals surface area contributed by atoms with Gasteiger partial charge in [-0.05, 0) is 55.7 Å². The van der Waals surface area contributed by atoms with Gasteiger partial charge < -0.3 is 14.6 Å². The van der Waals surface area contributed by atoms with E-state index in [0.29, 0.717) is 18.1 Å². The number of nitriles is 1. The van der Waals surface area contributed by atoms with Gasteiger partial charge in [-0.15, -0.1) is 0 Å². The summed E-state index contributed by atoms with van der Waals surface area (Å²) in [7, 11) is 0. The first kappa shape index (κ1) is 18.9. The van der Waals surface area contributed by atoms with Crippen molar-refractivity contribution in [2.75, 3.05) is 26.2 Å². The van der Waals surface area contributed by atoms with E-state index in [2.05, 4.69) is 5.32 Å². The van der Waals surface area contributed by atoms with Crippen molar-refractivity contribution in [2.45, 2.75) is 19.3 Å². The van der Waals surface area contributed by atoms with E-state index in [0.717, 1.165) is 25.2 Å². The Hall–Kier alpha value is -2.91. The molecule has 0 aliphatic carbocycles. The monoisotopic (exact) mass is 368 g/mol. The van der Waals surface area contributed by atoms with E-state index in [4.69, 9.17) is 4.42 Å². The minimum absolute atomic E-state index is 0.00338. The molecule has 0 bridgehead atoms. The zero-order valence-electron chi connectivity index (χ0n) is 15.1. The summed E-state index contributed by atoms with van der Waals surface area (Å²) in [4.78, 5) is 13.7.